The number of Topliss-reactive ketones (excluding diaryl/α,β-unsaturated/α-hetero) is 1. The highest BCUT2D eigenvalue weighted by atomic mass is 16.6. The van der Waals surface area contributed by atoms with E-state index in [0.29, 0.717) is 29.9 Å². The molecule has 0 saturated heterocycles. The Kier molecular flexibility index (Phi) is 5.09. The van der Waals surface area contributed by atoms with E-state index in [4.69, 9.17) is 4.42 Å². The second-order valence-electron chi connectivity index (χ2n) is 5.81. The normalized spacial score (nSPS) is 12.0. The van der Waals surface area contributed by atoms with Gasteiger partial charge in [0.2, 0.25) is 6.54 Å². The summed E-state index contributed by atoms with van der Waals surface area (Å²) in [6.07, 6.45) is 2.44. The molecule has 0 saturated carbocycles. The van der Waals surface area contributed by atoms with Crippen LogP contribution in [0.15, 0.2) is 65.3 Å². The predicted octanol–water partition coefficient (Wildman–Crippen LogP) is 3.83. The molecule has 25 heavy (non-hydrogen) atoms. The quantitative estimate of drug-likeness (QED) is 0.384. The maximum Gasteiger partial charge on any atom is 0.219 e. The lowest BCUT2D eigenvalue weighted by molar-refractivity contribution is -0.482. The number of ketones is 1. The third-order valence-electron chi connectivity index (χ3n) is 4.08. The lowest BCUT2D eigenvalue weighted by Gasteiger charge is -2.08. The van der Waals surface area contributed by atoms with Crippen molar-refractivity contribution in [2.24, 2.45) is 0 Å². The molecule has 1 aromatic carbocycles. The number of aromatic nitrogens is 1. The summed E-state index contributed by atoms with van der Waals surface area (Å²) in [6, 6.07) is 16.3. The van der Waals surface area contributed by atoms with Crippen molar-refractivity contribution in [1.29, 1.82) is 0 Å². The molecule has 0 spiro atoms. The van der Waals surface area contributed by atoms with E-state index in [-0.39, 0.29) is 17.3 Å². The minimum absolute atomic E-state index is 0.0737. The Morgan fingerprint density at radius 2 is 1.92 bits per heavy atom. The summed E-state index contributed by atoms with van der Waals surface area (Å²) in [4.78, 5) is 26.0. The van der Waals surface area contributed by atoms with Gasteiger partial charge in [0.25, 0.3) is 0 Å². The number of hydrogen-bond acceptors (Lipinski definition) is 4. The van der Waals surface area contributed by atoms with Crippen LogP contribution in [0, 0.1) is 10.1 Å². The first-order chi connectivity index (χ1) is 12.1. The molecule has 1 unspecified atom stereocenters. The summed E-state index contributed by atoms with van der Waals surface area (Å²) in [5.41, 5.74) is 2.28. The Balaban J connectivity index is 1.68. The smallest absolute Gasteiger partial charge is 0.219 e. The van der Waals surface area contributed by atoms with E-state index in [1.807, 2.05) is 30.3 Å². The van der Waals surface area contributed by atoms with Crippen molar-refractivity contribution >= 4 is 5.78 Å². The second-order valence-corrected chi connectivity index (χ2v) is 5.81. The van der Waals surface area contributed by atoms with Gasteiger partial charge < -0.3 is 9.40 Å². The molecular weight excluding hydrogens is 320 g/mol. The van der Waals surface area contributed by atoms with Gasteiger partial charge >= 0.3 is 0 Å². The molecule has 6 heteroatoms. The minimum atomic E-state index is -0.469. The Bertz CT molecular complexity index is 837. The van der Waals surface area contributed by atoms with Gasteiger partial charge in [-0.2, -0.15) is 0 Å². The summed E-state index contributed by atoms with van der Waals surface area (Å²) in [6.45, 7) is -0.254. The van der Waals surface area contributed by atoms with Gasteiger partial charge in [0.15, 0.2) is 5.78 Å². The van der Waals surface area contributed by atoms with Gasteiger partial charge in [-0.1, -0.05) is 30.3 Å². The molecule has 0 aliphatic rings. The van der Waals surface area contributed by atoms with Crippen LogP contribution in [0.5, 0.6) is 0 Å². The van der Waals surface area contributed by atoms with Crippen LogP contribution in [0.1, 0.15) is 39.8 Å². The predicted molar refractivity (Wildman–Crippen MR) is 92.3 cm³/mol. The fourth-order valence-electron chi connectivity index (χ4n) is 2.80. The van der Waals surface area contributed by atoms with Crippen LogP contribution in [-0.2, 0) is 6.42 Å². The Morgan fingerprint density at radius 1 is 1.12 bits per heavy atom. The average Bonchev–Trinajstić information content (AvgIpc) is 3.30. The molecule has 6 nitrogen and oxygen atoms in total. The lowest BCUT2D eigenvalue weighted by Crippen LogP contribution is -2.13. The molecule has 128 valence electrons. The first kappa shape index (κ1) is 16.7. The van der Waals surface area contributed by atoms with Crippen LogP contribution < -0.4 is 0 Å². The van der Waals surface area contributed by atoms with Gasteiger partial charge in [0, 0.05) is 28.3 Å². The number of nitro groups is 1. The monoisotopic (exact) mass is 338 g/mol. The standard InChI is InChI=1S/C19H18N2O4/c22-18(14-5-2-1-3-6-14)11-9-15-8-10-17(20-15)16(13-21(23)24)19-7-4-12-25-19/h1-8,10,12,16,20H,9,11,13H2. The van der Waals surface area contributed by atoms with Crippen molar-refractivity contribution in [3.8, 4) is 0 Å². The van der Waals surface area contributed by atoms with Gasteiger partial charge in [-0.15, -0.1) is 0 Å². The molecule has 0 amide bonds. The number of rotatable bonds is 8. The third kappa shape index (κ3) is 4.23. The van der Waals surface area contributed by atoms with Crippen LogP contribution in [0.4, 0.5) is 0 Å². The zero-order chi connectivity index (χ0) is 17.6. The van der Waals surface area contributed by atoms with Crippen molar-refractivity contribution in [2.45, 2.75) is 18.8 Å². The molecule has 0 aliphatic heterocycles. The molecule has 2 heterocycles. The molecule has 0 radical (unpaired) electrons. The highest BCUT2D eigenvalue weighted by Gasteiger charge is 2.24. The van der Waals surface area contributed by atoms with Crippen molar-refractivity contribution in [3.63, 3.8) is 0 Å². The molecule has 3 aromatic rings. The zero-order valence-corrected chi connectivity index (χ0v) is 13.6. The van der Waals surface area contributed by atoms with Gasteiger partial charge in [-0.05, 0) is 30.7 Å². The molecular formula is C19H18N2O4. The van der Waals surface area contributed by atoms with E-state index in [9.17, 15) is 14.9 Å². The molecule has 0 aliphatic carbocycles. The summed E-state index contributed by atoms with van der Waals surface area (Å²) in [5, 5.41) is 11.0. The van der Waals surface area contributed by atoms with Gasteiger partial charge in [-0.25, -0.2) is 0 Å². The number of nitrogens with one attached hydrogen (secondary N) is 1. The fourth-order valence-corrected chi connectivity index (χ4v) is 2.80. The molecule has 1 atom stereocenters. The maximum atomic E-state index is 12.2. The maximum absolute atomic E-state index is 12.2. The molecule has 1 N–H and O–H groups in total. The van der Waals surface area contributed by atoms with Crippen molar-refractivity contribution < 1.29 is 14.1 Å². The summed E-state index contributed by atoms with van der Waals surface area (Å²) in [5.74, 6) is 0.152. The van der Waals surface area contributed by atoms with E-state index in [0.717, 1.165) is 5.69 Å². The summed E-state index contributed by atoms with van der Waals surface area (Å²) < 4.78 is 5.34. The number of carbonyl (C=O) groups is 1. The van der Waals surface area contributed by atoms with Crippen LogP contribution in [0.25, 0.3) is 0 Å². The highest BCUT2D eigenvalue weighted by molar-refractivity contribution is 5.96. The van der Waals surface area contributed by atoms with Crippen LogP contribution >= 0.6 is 0 Å². The average molecular weight is 338 g/mol. The summed E-state index contributed by atoms with van der Waals surface area (Å²) in [7, 11) is 0. The number of carbonyl (C=O) groups excluding carboxylic acids is 1. The number of nitrogens with zero attached hydrogens (tertiary/aromatic N) is 1. The van der Waals surface area contributed by atoms with Crippen molar-refractivity contribution in [1.82, 2.24) is 4.98 Å². The number of hydrogen-bond donors (Lipinski definition) is 1. The first-order valence-electron chi connectivity index (χ1n) is 8.04. The van der Waals surface area contributed by atoms with Crippen molar-refractivity contribution in [2.75, 3.05) is 6.54 Å². The second kappa shape index (κ2) is 7.61. The van der Waals surface area contributed by atoms with Gasteiger partial charge in [-0.3, -0.25) is 14.9 Å². The van der Waals surface area contributed by atoms with E-state index in [1.54, 1.807) is 24.3 Å². The first-order valence-corrected chi connectivity index (χ1v) is 8.04. The number of benzene rings is 1. The largest absolute Gasteiger partial charge is 0.468 e. The van der Waals surface area contributed by atoms with E-state index >= 15 is 0 Å². The number of H-pyrrole nitrogens is 1. The Hall–Kier alpha value is -3.15. The third-order valence-corrected chi connectivity index (χ3v) is 4.08. The molecule has 2 aromatic heterocycles. The van der Waals surface area contributed by atoms with Gasteiger partial charge in [0.1, 0.15) is 11.7 Å². The Labute approximate surface area is 144 Å². The van der Waals surface area contributed by atoms with Gasteiger partial charge in [0.05, 0.1) is 6.26 Å². The Morgan fingerprint density at radius 3 is 2.60 bits per heavy atom. The van der Waals surface area contributed by atoms with Crippen LogP contribution in [-0.4, -0.2) is 22.2 Å². The van der Waals surface area contributed by atoms with E-state index < -0.39 is 5.92 Å². The number of aryl methyl sites for hydroxylation is 1. The lowest BCUT2D eigenvalue weighted by atomic mass is 10.0. The number of furan rings is 1. The molecule has 0 fully saturated rings. The van der Waals surface area contributed by atoms with E-state index in [2.05, 4.69) is 4.98 Å². The van der Waals surface area contributed by atoms with Crippen molar-refractivity contribution in [3.05, 3.63) is 93.7 Å². The number of aromatic amines is 1. The minimum Gasteiger partial charge on any atom is -0.468 e. The van der Waals surface area contributed by atoms with E-state index in [1.165, 1.54) is 6.26 Å². The van der Waals surface area contributed by atoms with Crippen LogP contribution in [0.3, 0.4) is 0 Å². The summed E-state index contributed by atoms with van der Waals surface area (Å²) >= 11 is 0. The molecule has 0 bridgehead atoms. The topological polar surface area (TPSA) is 89.1 Å². The zero-order valence-electron chi connectivity index (χ0n) is 13.6. The molecule has 3 rings (SSSR count). The highest BCUT2D eigenvalue weighted by Crippen LogP contribution is 2.25. The fraction of sp³-hybridized carbons (Fsp3) is 0.211. The van der Waals surface area contributed by atoms with Crippen LogP contribution in [0.2, 0.25) is 0 Å². The SMILES string of the molecule is O=C(CCc1ccc(C(C[N+](=O)[O-])c2ccco2)[nH]1)c1ccccc1.